The third kappa shape index (κ3) is 3.58. The lowest BCUT2D eigenvalue weighted by Gasteiger charge is -2.26. The third-order valence-corrected chi connectivity index (χ3v) is 4.51. The van der Waals surface area contributed by atoms with Crippen molar-refractivity contribution in [3.8, 4) is 0 Å². The lowest BCUT2D eigenvalue weighted by molar-refractivity contribution is 0.0300. The molecule has 1 fully saturated rings. The second-order valence-electron chi connectivity index (χ2n) is 6.44. The molecule has 0 spiro atoms. The minimum Gasteiger partial charge on any atom is -0.378 e. The molecule has 0 N–H and O–H groups in total. The number of rotatable bonds is 6. The van der Waals surface area contributed by atoms with Crippen molar-refractivity contribution in [2.75, 3.05) is 39.4 Å². The van der Waals surface area contributed by atoms with Crippen LogP contribution in [0, 0.1) is 0 Å². The van der Waals surface area contributed by atoms with Gasteiger partial charge in [0.25, 0.3) is 11.8 Å². The molecule has 0 unspecified atom stereocenters. The normalized spacial score (nSPS) is 14.6. The van der Waals surface area contributed by atoms with Crippen molar-refractivity contribution >= 4 is 17.3 Å². The molecule has 2 aromatic heterocycles. The van der Waals surface area contributed by atoms with E-state index in [4.69, 9.17) is 4.74 Å². The van der Waals surface area contributed by atoms with Gasteiger partial charge in [0.05, 0.1) is 18.7 Å². The van der Waals surface area contributed by atoms with Gasteiger partial charge in [-0.15, -0.1) is 0 Å². The fourth-order valence-corrected chi connectivity index (χ4v) is 3.26. The quantitative estimate of drug-likeness (QED) is 0.793. The zero-order valence-electron chi connectivity index (χ0n) is 15.5. The maximum absolute atomic E-state index is 13.0. The summed E-state index contributed by atoms with van der Waals surface area (Å²) in [5.41, 5.74) is 1.00. The van der Waals surface area contributed by atoms with E-state index in [1.807, 2.05) is 36.9 Å². The minimum absolute atomic E-state index is 0.129. The van der Waals surface area contributed by atoms with Crippen molar-refractivity contribution in [2.24, 2.45) is 0 Å². The Bertz CT molecular complexity index is 774. The number of morpholine rings is 1. The second-order valence-corrected chi connectivity index (χ2v) is 6.44. The predicted octanol–water partition coefficient (Wildman–Crippen LogP) is 2.07. The molecule has 0 bridgehead atoms. The van der Waals surface area contributed by atoms with Gasteiger partial charge in [0.15, 0.2) is 5.69 Å². The van der Waals surface area contributed by atoms with Crippen LogP contribution in [0.3, 0.4) is 0 Å². The number of fused-ring (bicyclic) bond motifs is 1. The second kappa shape index (κ2) is 8.31. The van der Waals surface area contributed by atoms with Crippen molar-refractivity contribution in [3.05, 3.63) is 35.9 Å². The summed E-state index contributed by atoms with van der Waals surface area (Å²) in [5, 5.41) is 0. The first-order chi connectivity index (χ1) is 12.7. The molecular weight excluding hydrogens is 332 g/mol. The largest absolute Gasteiger partial charge is 0.378 e. The average Bonchev–Trinajstić information content (AvgIpc) is 3.07. The van der Waals surface area contributed by atoms with Crippen LogP contribution < -0.4 is 0 Å². The van der Waals surface area contributed by atoms with Crippen LogP contribution in [0.5, 0.6) is 0 Å². The van der Waals surface area contributed by atoms with Crippen LogP contribution in [0.25, 0.3) is 5.52 Å². The minimum atomic E-state index is -0.145. The molecule has 26 heavy (non-hydrogen) atoms. The monoisotopic (exact) mass is 358 g/mol. The number of amides is 2. The van der Waals surface area contributed by atoms with E-state index in [0.717, 1.165) is 12.8 Å². The number of hydrogen-bond acceptors (Lipinski definition) is 4. The Labute approximate surface area is 153 Å². The van der Waals surface area contributed by atoms with E-state index >= 15 is 0 Å². The molecule has 1 aliphatic heterocycles. The molecule has 2 aromatic rings. The highest BCUT2D eigenvalue weighted by atomic mass is 16.5. The molecule has 0 aliphatic carbocycles. The number of hydrogen-bond donors (Lipinski definition) is 0. The van der Waals surface area contributed by atoms with Gasteiger partial charge in [-0.1, -0.05) is 19.9 Å². The highest BCUT2D eigenvalue weighted by Gasteiger charge is 2.27. The van der Waals surface area contributed by atoms with Crippen molar-refractivity contribution in [2.45, 2.75) is 26.7 Å². The molecule has 0 saturated carbocycles. The molecule has 140 valence electrons. The smallest absolute Gasteiger partial charge is 0.290 e. The van der Waals surface area contributed by atoms with E-state index in [1.165, 1.54) is 0 Å². The van der Waals surface area contributed by atoms with Crippen molar-refractivity contribution < 1.29 is 14.3 Å². The van der Waals surface area contributed by atoms with Crippen LogP contribution in [-0.4, -0.2) is 70.4 Å². The van der Waals surface area contributed by atoms with E-state index in [9.17, 15) is 9.59 Å². The SMILES string of the molecule is CCCN(CCC)C(=O)c1nc(C(=O)N2CCOCC2)c2ccccn12. The van der Waals surface area contributed by atoms with Gasteiger partial charge in [-0.3, -0.25) is 14.0 Å². The number of nitrogens with zero attached hydrogens (tertiary/aromatic N) is 4. The number of ether oxygens (including phenoxy) is 1. The Morgan fingerprint density at radius 1 is 1.15 bits per heavy atom. The summed E-state index contributed by atoms with van der Waals surface area (Å²) in [7, 11) is 0. The molecular formula is C19H26N4O3. The molecule has 1 saturated heterocycles. The molecule has 3 rings (SSSR count). The maximum Gasteiger partial charge on any atom is 0.290 e. The zero-order valence-corrected chi connectivity index (χ0v) is 15.5. The maximum atomic E-state index is 13.0. The van der Waals surface area contributed by atoms with Crippen LogP contribution in [0.4, 0.5) is 0 Å². The van der Waals surface area contributed by atoms with Gasteiger partial charge < -0.3 is 14.5 Å². The fourth-order valence-electron chi connectivity index (χ4n) is 3.26. The summed E-state index contributed by atoms with van der Waals surface area (Å²) in [5.74, 6) is 0.0311. The number of imidazole rings is 1. The summed E-state index contributed by atoms with van der Waals surface area (Å²) in [6.45, 7) is 7.62. The number of carbonyl (C=O) groups is 2. The van der Waals surface area contributed by atoms with Crippen LogP contribution in [-0.2, 0) is 4.74 Å². The van der Waals surface area contributed by atoms with Crippen molar-refractivity contribution in [1.29, 1.82) is 0 Å². The summed E-state index contributed by atoms with van der Waals surface area (Å²) in [4.78, 5) is 34.0. The third-order valence-electron chi connectivity index (χ3n) is 4.51. The molecule has 7 heteroatoms. The molecule has 1 aliphatic rings. The van der Waals surface area contributed by atoms with Crippen molar-refractivity contribution in [1.82, 2.24) is 19.2 Å². The van der Waals surface area contributed by atoms with E-state index in [1.54, 1.807) is 15.5 Å². The standard InChI is InChI=1S/C19H26N4O3/c1-3-8-21(9-4-2)19(25)17-20-16(15-7-5-6-10-23(15)17)18(24)22-11-13-26-14-12-22/h5-7,10H,3-4,8-9,11-14H2,1-2H3. The topological polar surface area (TPSA) is 67.2 Å². The lowest BCUT2D eigenvalue weighted by Crippen LogP contribution is -2.41. The average molecular weight is 358 g/mol. The van der Waals surface area contributed by atoms with E-state index < -0.39 is 0 Å². The lowest BCUT2D eigenvalue weighted by atomic mass is 10.3. The van der Waals surface area contributed by atoms with E-state index in [2.05, 4.69) is 4.98 Å². The molecule has 7 nitrogen and oxygen atoms in total. The Hall–Kier alpha value is -2.41. The molecule has 2 amide bonds. The zero-order chi connectivity index (χ0) is 18.5. The summed E-state index contributed by atoms with van der Waals surface area (Å²) in [6, 6.07) is 5.54. The van der Waals surface area contributed by atoms with Gasteiger partial charge in [-0.2, -0.15) is 0 Å². The van der Waals surface area contributed by atoms with Gasteiger partial charge in [0, 0.05) is 32.4 Å². The molecule has 0 atom stereocenters. The number of aromatic nitrogens is 2. The van der Waals surface area contributed by atoms with Crippen molar-refractivity contribution in [3.63, 3.8) is 0 Å². The number of carbonyl (C=O) groups excluding carboxylic acids is 2. The van der Waals surface area contributed by atoms with Crippen LogP contribution in [0.2, 0.25) is 0 Å². The van der Waals surface area contributed by atoms with Gasteiger partial charge >= 0.3 is 0 Å². The first-order valence-electron chi connectivity index (χ1n) is 9.30. The van der Waals surface area contributed by atoms with Gasteiger partial charge in [0.2, 0.25) is 5.82 Å². The highest BCUT2D eigenvalue weighted by molar-refractivity contribution is 6.02. The molecule has 0 aromatic carbocycles. The van der Waals surface area contributed by atoms with Crippen LogP contribution in [0.1, 0.15) is 47.8 Å². The summed E-state index contributed by atoms with van der Waals surface area (Å²) in [6.07, 6.45) is 3.56. The summed E-state index contributed by atoms with van der Waals surface area (Å²) < 4.78 is 7.05. The van der Waals surface area contributed by atoms with E-state index in [0.29, 0.717) is 56.4 Å². The first-order valence-corrected chi connectivity index (χ1v) is 9.30. The predicted molar refractivity (Wildman–Crippen MR) is 98.4 cm³/mol. The van der Waals surface area contributed by atoms with E-state index in [-0.39, 0.29) is 11.8 Å². The van der Waals surface area contributed by atoms with Gasteiger partial charge in [0.1, 0.15) is 0 Å². The van der Waals surface area contributed by atoms with Gasteiger partial charge in [-0.25, -0.2) is 4.98 Å². The fraction of sp³-hybridized carbons (Fsp3) is 0.526. The Morgan fingerprint density at radius 2 is 1.85 bits per heavy atom. The summed E-state index contributed by atoms with van der Waals surface area (Å²) >= 11 is 0. The Morgan fingerprint density at radius 3 is 2.50 bits per heavy atom. The first kappa shape index (κ1) is 18.4. The Balaban J connectivity index is 1.99. The van der Waals surface area contributed by atoms with Crippen LogP contribution >= 0.6 is 0 Å². The highest BCUT2D eigenvalue weighted by Crippen LogP contribution is 2.18. The van der Waals surface area contributed by atoms with Crippen LogP contribution in [0.15, 0.2) is 24.4 Å². The molecule has 3 heterocycles. The Kier molecular flexibility index (Phi) is 5.88. The molecule has 0 radical (unpaired) electrons. The number of pyridine rings is 1. The van der Waals surface area contributed by atoms with Gasteiger partial charge in [-0.05, 0) is 25.0 Å².